The van der Waals surface area contributed by atoms with Crippen LogP contribution in [0.15, 0.2) is 21.3 Å². The Bertz CT molecular complexity index is 665. The van der Waals surface area contributed by atoms with Crippen LogP contribution in [-0.4, -0.2) is 23.9 Å². The van der Waals surface area contributed by atoms with Crippen LogP contribution in [0.2, 0.25) is 0 Å². The van der Waals surface area contributed by atoms with Gasteiger partial charge in [-0.25, -0.2) is 10.9 Å². The molecule has 0 aromatic carbocycles. The third-order valence-corrected chi connectivity index (χ3v) is 5.18. The van der Waals surface area contributed by atoms with Crippen LogP contribution in [0.5, 0.6) is 5.75 Å². The Morgan fingerprint density at radius 2 is 2.05 bits per heavy atom. The Morgan fingerprint density at radius 3 is 2.60 bits per heavy atom. The number of hydrazine groups is 1. The molecule has 2 aromatic heterocycles. The van der Waals surface area contributed by atoms with Crippen molar-refractivity contribution in [3.05, 3.63) is 36.6 Å². The number of hydrogen-bond acceptors (Lipinski definition) is 6. The van der Waals surface area contributed by atoms with Crippen molar-refractivity contribution >= 4 is 50.4 Å². The lowest BCUT2D eigenvalue weighted by molar-refractivity contribution is 0.0617. The average Bonchev–Trinajstić information content (AvgIpc) is 3.02. The molecule has 0 fully saturated rings. The summed E-state index contributed by atoms with van der Waals surface area (Å²) in [6, 6.07) is 3.45. The number of ether oxygens (including phenoxy) is 1. The highest BCUT2D eigenvalue weighted by atomic mass is 79.9. The van der Waals surface area contributed by atoms with Gasteiger partial charge in [0.2, 0.25) is 0 Å². The van der Waals surface area contributed by atoms with Crippen molar-refractivity contribution in [2.75, 3.05) is 7.11 Å². The van der Waals surface area contributed by atoms with E-state index in [1.807, 2.05) is 6.92 Å². The lowest BCUT2D eigenvalue weighted by atomic mass is 10.3. The lowest BCUT2D eigenvalue weighted by Gasteiger charge is -2.13. The zero-order valence-electron chi connectivity index (χ0n) is 10.7. The van der Waals surface area contributed by atoms with Crippen molar-refractivity contribution in [3.63, 3.8) is 0 Å². The van der Waals surface area contributed by atoms with Crippen LogP contribution in [-0.2, 0) is 0 Å². The number of imide groups is 1. The summed E-state index contributed by atoms with van der Waals surface area (Å²) in [5, 5.41) is 2.21. The second-order valence-electron chi connectivity index (χ2n) is 3.85. The van der Waals surface area contributed by atoms with E-state index in [4.69, 9.17) is 10.6 Å². The second kappa shape index (κ2) is 6.04. The van der Waals surface area contributed by atoms with Gasteiger partial charge in [0, 0.05) is 10.3 Å². The predicted octanol–water partition coefficient (Wildman–Crippen LogP) is 3.05. The fourth-order valence-electron chi connectivity index (χ4n) is 1.55. The molecular weight excluding hydrogens is 364 g/mol. The van der Waals surface area contributed by atoms with Gasteiger partial charge >= 0.3 is 0 Å². The number of nitrogens with zero attached hydrogens (tertiary/aromatic N) is 1. The Labute approximate surface area is 132 Å². The van der Waals surface area contributed by atoms with E-state index in [0.717, 1.165) is 4.88 Å². The molecule has 2 heterocycles. The maximum absolute atomic E-state index is 12.2. The zero-order chi connectivity index (χ0) is 14.9. The minimum atomic E-state index is -0.597. The Hall–Kier alpha value is -1.22. The summed E-state index contributed by atoms with van der Waals surface area (Å²) < 4.78 is 5.81. The number of aryl methyl sites for hydroxylation is 1. The maximum atomic E-state index is 12.2. The Morgan fingerprint density at radius 1 is 1.35 bits per heavy atom. The highest BCUT2D eigenvalue weighted by Gasteiger charge is 2.26. The summed E-state index contributed by atoms with van der Waals surface area (Å²) in [4.78, 5) is 25.8. The van der Waals surface area contributed by atoms with Gasteiger partial charge in [0.05, 0.1) is 17.6 Å². The topological polar surface area (TPSA) is 72.6 Å². The van der Waals surface area contributed by atoms with Gasteiger partial charge in [-0.05, 0) is 35.0 Å². The van der Waals surface area contributed by atoms with Crippen LogP contribution in [0.25, 0.3) is 0 Å². The van der Waals surface area contributed by atoms with E-state index in [-0.39, 0.29) is 5.56 Å². The number of halogens is 1. The molecule has 0 aliphatic carbocycles. The lowest BCUT2D eigenvalue weighted by Crippen LogP contribution is -2.42. The Kier molecular flexibility index (Phi) is 4.59. The molecule has 0 unspecified atom stereocenters. The molecule has 0 aliphatic heterocycles. The van der Waals surface area contributed by atoms with Crippen molar-refractivity contribution in [2.45, 2.75) is 6.92 Å². The minimum absolute atomic E-state index is 0.258. The molecule has 5 nitrogen and oxygen atoms in total. The molecular formula is C12H11BrN2O3S2. The largest absolute Gasteiger partial charge is 0.494 e. The van der Waals surface area contributed by atoms with Crippen LogP contribution in [0.3, 0.4) is 0 Å². The number of amides is 2. The van der Waals surface area contributed by atoms with Crippen molar-refractivity contribution < 1.29 is 14.3 Å². The number of thiophene rings is 2. The van der Waals surface area contributed by atoms with Crippen molar-refractivity contribution in [2.24, 2.45) is 5.84 Å². The van der Waals surface area contributed by atoms with Gasteiger partial charge in [0.1, 0.15) is 3.79 Å². The van der Waals surface area contributed by atoms with E-state index in [2.05, 4.69) is 15.9 Å². The molecule has 0 saturated carbocycles. The molecule has 0 aliphatic rings. The summed E-state index contributed by atoms with van der Waals surface area (Å²) in [5.74, 6) is 4.89. The molecule has 2 N–H and O–H groups in total. The maximum Gasteiger partial charge on any atom is 0.285 e. The summed E-state index contributed by atoms with van der Waals surface area (Å²) >= 11 is 5.86. The fourth-order valence-corrected chi connectivity index (χ4v) is 3.74. The van der Waals surface area contributed by atoms with Gasteiger partial charge in [-0.2, -0.15) is 0 Å². The molecule has 0 bridgehead atoms. The smallest absolute Gasteiger partial charge is 0.285 e. The average molecular weight is 375 g/mol. The first-order chi connectivity index (χ1) is 9.45. The second-order valence-corrected chi connectivity index (χ2v) is 7.33. The van der Waals surface area contributed by atoms with Gasteiger partial charge in [-0.1, -0.05) is 0 Å². The van der Waals surface area contributed by atoms with E-state index >= 15 is 0 Å². The number of carbonyl (C=O) groups is 2. The van der Waals surface area contributed by atoms with Crippen LogP contribution < -0.4 is 10.6 Å². The van der Waals surface area contributed by atoms with Gasteiger partial charge in [-0.3, -0.25) is 9.59 Å². The normalized spacial score (nSPS) is 10.4. The molecule has 0 radical (unpaired) electrons. The number of rotatable bonds is 3. The molecule has 2 aromatic rings. The van der Waals surface area contributed by atoms with Crippen molar-refractivity contribution in [1.29, 1.82) is 0 Å². The summed E-state index contributed by atoms with van der Waals surface area (Å²) in [6.45, 7) is 1.88. The third kappa shape index (κ3) is 2.78. The van der Waals surface area contributed by atoms with Crippen molar-refractivity contribution in [3.8, 4) is 5.75 Å². The molecule has 0 spiro atoms. The molecule has 0 saturated heterocycles. The molecule has 0 atom stereocenters. The summed E-state index contributed by atoms with van der Waals surface area (Å²) in [6.07, 6.45) is 0. The predicted molar refractivity (Wildman–Crippen MR) is 82.3 cm³/mol. The molecule has 8 heteroatoms. The number of methoxy groups -OCH3 is 1. The first-order valence-corrected chi connectivity index (χ1v) is 7.95. The van der Waals surface area contributed by atoms with Gasteiger partial charge in [0.15, 0.2) is 5.75 Å². The zero-order valence-corrected chi connectivity index (χ0v) is 13.9. The van der Waals surface area contributed by atoms with Gasteiger partial charge < -0.3 is 4.74 Å². The van der Waals surface area contributed by atoms with Crippen LogP contribution >= 0.6 is 38.6 Å². The molecule has 2 amide bonds. The first kappa shape index (κ1) is 15.2. The number of carbonyl (C=O) groups excluding carboxylic acids is 2. The Balaban J connectivity index is 2.26. The number of nitrogens with two attached hydrogens (primary N) is 1. The quantitative estimate of drug-likeness (QED) is 0.387. The highest BCUT2D eigenvalue weighted by molar-refractivity contribution is 9.11. The summed E-state index contributed by atoms with van der Waals surface area (Å²) in [5.41, 5.74) is 0.258. The third-order valence-electron chi connectivity index (χ3n) is 2.53. The number of hydrogen-bond donors (Lipinski definition) is 1. The van der Waals surface area contributed by atoms with Crippen LogP contribution in [0.1, 0.15) is 24.9 Å². The van der Waals surface area contributed by atoms with Gasteiger partial charge in [0.25, 0.3) is 11.8 Å². The van der Waals surface area contributed by atoms with Gasteiger partial charge in [-0.15, -0.1) is 22.7 Å². The summed E-state index contributed by atoms with van der Waals surface area (Å²) in [7, 11) is 1.45. The molecule has 2 rings (SSSR count). The first-order valence-electron chi connectivity index (χ1n) is 5.46. The molecule has 106 valence electrons. The van der Waals surface area contributed by atoms with E-state index in [0.29, 0.717) is 19.4 Å². The van der Waals surface area contributed by atoms with Crippen LogP contribution in [0, 0.1) is 6.92 Å². The molecule has 20 heavy (non-hydrogen) atoms. The van der Waals surface area contributed by atoms with E-state index in [1.165, 1.54) is 29.8 Å². The van der Waals surface area contributed by atoms with E-state index < -0.39 is 11.8 Å². The van der Waals surface area contributed by atoms with E-state index in [1.54, 1.807) is 17.5 Å². The highest BCUT2D eigenvalue weighted by Crippen LogP contribution is 2.36. The SMILES string of the molecule is COc1c(C(=O)N(N)C(=O)c2ccc(C)s2)csc1Br. The van der Waals surface area contributed by atoms with E-state index in [9.17, 15) is 9.59 Å². The fraction of sp³-hybridized carbons (Fsp3) is 0.167. The minimum Gasteiger partial charge on any atom is -0.494 e. The van der Waals surface area contributed by atoms with Crippen molar-refractivity contribution in [1.82, 2.24) is 5.01 Å². The monoisotopic (exact) mass is 374 g/mol. The standard InChI is InChI=1S/C12H11BrN2O3S2/c1-6-3-4-8(20-6)12(17)15(14)11(16)7-5-19-10(13)9(7)18-2/h3-5H,14H2,1-2H3. The van der Waals surface area contributed by atoms with Crippen LogP contribution in [0.4, 0.5) is 0 Å².